The maximum absolute atomic E-state index is 12.0. The van der Waals surface area contributed by atoms with E-state index >= 15 is 0 Å². The second-order valence-corrected chi connectivity index (χ2v) is 5.12. The number of hydrogen-bond donors (Lipinski definition) is 0. The highest BCUT2D eigenvalue weighted by Crippen LogP contribution is 2.31. The molecule has 0 spiro atoms. The molecule has 19 heavy (non-hydrogen) atoms. The molecule has 1 saturated heterocycles. The average Bonchev–Trinajstić information content (AvgIpc) is 2.99. The smallest absolute Gasteiger partial charge is 0.222 e. The van der Waals surface area contributed by atoms with Crippen molar-refractivity contribution in [2.75, 3.05) is 19.7 Å². The zero-order valence-electron chi connectivity index (χ0n) is 11.0. The van der Waals surface area contributed by atoms with Crippen molar-refractivity contribution in [2.45, 2.75) is 31.8 Å². The van der Waals surface area contributed by atoms with Crippen LogP contribution in [0.2, 0.25) is 0 Å². The largest absolute Gasteiger partial charge is 0.486 e. The summed E-state index contributed by atoms with van der Waals surface area (Å²) < 4.78 is 11.5. The Bertz CT molecular complexity index is 454. The summed E-state index contributed by atoms with van der Waals surface area (Å²) in [5.41, 5.74) is 0. The van der Waals surface area contributed by atoms with E-state index in [1.165, 1.54) is 0 Å². The Labute approximate surface area is 113 Å². The third-order valence-electron chi connectivity index (χ3n) is 3.71. The highest BCUT2D eigenvalue weighted by atomic mass is 16.6. The van der Waals surface area contributed by atoms with Crippen LogP contribution < -0.4 is 9.47 Å². The van der Waals surface area contributed by atoms with Gasteiger partial charge < -0.3 is 14.4 Å². The third kappa shape index (κ3) is 2.83. The van der Waals surface area contributed by atoms with E-state index in [1.807, 2.05) is 29.2 Å². The van der Waals surface area contributed by atoms with E-state index in [2.05, 4.69) is 0 Å². The number of nitrogens with zero attached hydrogens (tertiary/aromatic N) is 1. The summed E-state index contributed by atoms with van der Waals surface area (Å²) in [4.78, 5) is 13.9. The first-order valence-electron chi connectivity index (χ1n) is 6.99. The van der Waals surface area contributed by atoms with Gasteiger partial charge in [0.1, 0.15) is 12.7 Å². The van der Waals surface area contributed by atoms with E-state index in [0.29, 0.717) is 13.0 Å². The fourth-order valence-corrected chi connectivity index (χ4v) is 2.61. The molecule has 1 fully saturated rings. The van der Waals surface area contributed by atoms with Crippen molar-refractivity contribution in [3.63, 3.8) is 0 Å². The molecule has 2 aliphatic rings. The monoisotopic (exact) mass is 261 g/mol. The molecular weight excluding hydrogens is 242 g/mol. The van der Waals surface area contributed by atoms with Crippen molar-refractivity contribution in [1.29, 1.82) is 0 Å². The number of para-hydroxylation sites is 2. The molecule has 2 heterocycles. The molecule has 4 nitrogen and oxygen atoms in total. The number of ether oxygens (including phenoxy) is 2. The second kappa shape index (κ2) is 5.51. The van der Waals surface area contributed by atoms with E-state index in [4.69, 9.17) is 9.47 Å². The Morgan fingerprint density at radius 1 is 1.21 bits per heavy atom. The summed E-state index contributed by atoms with van der Waals surface area (Å²) >= 11 is 0. The molecule has 1 amide bonds. The molecule has 0 aliphatic carbocycles. The lowest BCUT2D eigenvalue weighted by atomic mass is 10.1. The van der Waals surface area contributed by atoms with E-state index in [-0.39, 0.29) is 12.0 Å². The fraction of sp³-hybridized carbons (Fsp3) is 0.533. The van der Waals surface area contributed by atoms with Gasteiger partial charge in [0, 0.05) is 19.5 Å². The molecule has 1 aromatic carbocycles. The summed E-state index contributed by atoms with van der Waals surface area (Å²) in [6, 6.07) is 7.67. The van der Waals surface area contributed by atoms with Crippen LogP contribution in [-0.4, -0.2) is 36.6 Å². The van der Waals surface area contributed by atoms with Crippen LogP contribution >= 0.6 is 0 Å². The van der Waals surface area contributed by atoms with Gasteiger partial charge in [0.15, 0.2) is 11.5 Å². The van der Waals surface area contributed by atoms with Gasteiger partial charge in [-0.2, -0.15) is 0 Å². The van der Waals surface area contributed by atoms with Crippen LogP contribution in [0, 0.1) is 0 Å². The van der Waals surface area contributed by atoms with Gasteiger partial charge in [-0.3, -0.25) is 4.79 Å². The zero-order chi connectivity index (χ0) is 13.1. The maximum atomic E-state index is 12.0. The van der Waals surface area contributed by atoms with E-state index in [0.717, 1.165) is 43.9 Å². The third-order valence-corrected chi connectivity index (χ3v) is 3.71. The number of likely N-dealkylation sites (tertiary alicyclic amines) is 1. The van der Waals surface area contributed by atoms with Crippen LogP contribution in [0.5, 0.6) is 11.5 Å². The Kier molecular flexibility index (Phi) is 3.58. The van der Waals surface area contributed by atoms with Crippen molar-refractivity contribution in [3.8, 4) is 11.5 Å². The number of fused-ring (bicyclic) bond motifs is 1. The topological polar surface area (TPSA) is 38.8 Å². The first-order chi connectivity index (χ1) is 9.33. The first kappa shape index (κ1) is 12.3. The molecule has 0 bridgehead atoms. The molecule has 0 N–H and O–H groups in total. The molecule has 0 saturated carbocycles. The number of amides is 1. The molecule has 0 aromatic heterocycles. The molecular formula is C15H19NO3. The van der Waals surface area contributed by atoms with Crippen molar-refractivity contribution in [2.24, 2.45) is 0 Å². The Balaban J connectivity index is 1.50. The van der Waals surface area contributed by atoms with Gasteiger partial charge in [0.2, 0.25) is 5.91 Å². The van der Waals surface area contributed by atoms with Gasteiger partial charge >= 0.3 is 0 Å². The Morgan fingerprint density at radius 3 is 2.74 bits per heavy atom. The van der Waals surface area contributed by atoms with Crippen LogP contribution in [0.3, 0.4) is 0 Å². The lowest BCUT2D eigenvalue weighted by molar-refractivity contribution is -0.130. The Hall–Kier alpha value is -1.71. The zero-order valence-corrected chi connectivity index (χ0v) is 11.0. The molecule has 2 aliphatic heterocycles. The minimum absolute atomic E-state index is 0.0125. The SMILES string of the molecule is O=C(CC[C@@H]1COc2ccccc2O1)N1CCCC1. The summed E-state index contributed by atoms with van der Waals surface area (Å²) in [6.07, 6.45) is 3.55. The van der Waals surface area contributed by atoms with E-state index in [1.54, 1.807) is 0 Å². The molecule has 3 rings (SSSR count). The average molecular weight is 261 g/mol. The quantitative estimate of drug-likeness (QED) is 0.837. The number of rotatable bonds is 3. The van der Waals surface area contributed by atoms with Gasteiger partial charge in [0.25, 0.3) is 0 Å². The molecule has 0 radical (unpaired) electrons. The molecule has 1 aromatic rings. The first-order valence-corrected chi connectivity index (χ1v) is 6.99. The van der Waals surface area contributed by atoms with Crippen molar-refractivity contribution in [1.82, 2.24) is 4.90 Å². The van der Waals surface area contributed by atoms with Gasteiger partial charge in [-0.15, -0.1) is 0 Å². The fourth-order valence-electron chi connectivity index (χ4n) is 2.61. The minimum Gasteiger partial charge on any atom is -0.486 e. The van der Waals surface area contributed by atoms with Crippen LogP contribution in [-0.2, 0) is 4.79 Å². The minimum atomic E-state index is -0.0125. The van der Waals surface area contributed by atoms with Gasteiger partial charge in [0.05, 0.1) is 0 Å². The molecule has 4 heteroatoms. The van der Waals surface area contributed by atoms with Gasteiger partial charge in [-0.05, 0) is 31.4 Å². The lowest BCUT2D eigenvalue weighted by Gasteiger charge is -2.26. The number of carbonyl (C=O) groups is 1. The van der Waals surface area contributed by atoms with Crippen LogP contribution in [0.25, 0.3) is 0 Å². The van der Waals surface area contributed by atoms with Crippen LogP contribution in [0.1, 0.15) is 25.7 Å². The summed E-state index contributed by atoms with van der Waals surface area (Å²) in [6.45, 7) is 2.37. The summed E-state index contributed by atoms with van der Waals surface area (Å²) in [7, 11) is 0. The number of carbonyl (C=O) groups excluding carboxylic acids is 1. The lowest BCUT2D eigenvalue weighted by Crippen LogP contribution is -2.32. The standard InChI is InChI=1S/C15H19NO3/c17-15(16-9-3-4-10-16)8-7-12-11-18-13-5-1-2-6-14(13)19-12/h1-2,5-6,12H,3-4,7-11H2/t12-/m1/s1. The number of benzene rings is 1. The van der Waals surface area contributed by atoms with E-state index in [9.17, 15) is 4.79 Å². The van der Waals surface area contributed by atoms with Crippen LogP contribution in [0.15, 0.2) is 24.3 Å². The molecule has 0 unspecified atom stereocenters. The molecule has 102 valence electrons. The predicted octanol–water partition coefficient (Wildman–Crippen LogP) is 2.23. The van der Waals surface area contributed by atoms with Crippen LogP contribution in [0.4, 0.5) is 0 Å². The summed E-state index contributed by atoms with van der Waals surface area (Å²) in [5, 5.41) is 0. The molecule has 1 atom stereocenters. The Morgan fingerprint density at radius 2 is 1.95 bits per heavy atom. The predicted molar refractivity (Wildman–Crippen MR) is 71.4 cm³/mol. The normalized spacial score (nSPS) is 21.5. The second-order valence-electron chi connectivity index (χ2n) is 5.12. The van der Waals surface area contributed by atoms with Crippen molar-refractivity contribution in [3.05, 3.63) is 24.3 Å². The summed E-state index contributed by atoms with van der Waals surface area (Å²) in [5.74, 6) is 1.83. The number of hydrogen-bond acceptors (Lipinski definition) is 3. The maximum Gasteiger partial charge on any atom is 0.222 e. The highest BCUT2D eigenvalue weighted by Gasteiger charge is 2.23. The van der Waals surface area contributed by atoms with E-state index < -0.39 is 0 Å². The van der Waals surface area contributed by atoms with Crippen molar-refractivity contribution < 1.29 is 14.3 Å². The van der Waals surface area contributed by atoms with Gasteiger partial charge in [-0.25, -0.2) is 0 Å². The van der Waals surface area contributed by atoms with Gasteiger partial charge in [-0.1, -0.05) is 12.1 Å². The highest BCUT2D eigenvalue weighted by molar-refractivity contribution is 5.76. The van der Waals surface area contributed by atoms with Crippen molar-refractivity contribution >= 4 is 5.91 Å².